The van der Waals surface area contributed by atoms with Crippen LogP contribution in [0.3, 0.4) is 0 Å². The Labute approximate surface area is 195 Å². The monoisotopic (exact) mass is 453 g/mol. The van der Waals surface area contributed by atoms with Crippen molar-refractivity contribution >= 4 is 44.2 Å². The van der Waals surface area contributed by atoms with Gasteiger partial charge in [-0.25, -0.2) is 14.6 Å². The van der Waals surface area contributed by atoms with E-state index in [-0.39, 0.29) is 12.5 Å². The van der Waals surface area contributed by atoms with Gasteiger partial charge in [0.1, 0.15) is 11.6 Å². The number of rotatable bonds is 5. The van der Waals surface area contributed by atoms with Gasteiger partial charge in [-0.1, -0.05) is 6.07 Å². The minimum atomic E-state index is -0.124. The predicted molar refractivity (Wildman–Crippen MR) is 133 cm³/mol. The summed E-state index contributed by atoms with van der Waals surface area (Å²) >= 11 is 1.68. The fourth-order valence-corrected chi connectivity index (χ4v) is 5.41. The lowest BCUT2D eigenvalue weighted by molar-refractivity contribution is -0.116. The van der Waals surface area contributed by atoms with E-state index in [1.807, 2.05) is 37.4 Å². The molecule has 1 amide bonds. The first-order chi connectivity index (χ1) is 16.0. The number of pyridine rings is 1. The summed E-state index contributed by atoms with van der Waals surface area (Å²) in [5, 5.41) is 9.67. The van der Waals surface area contributed by atoms with Crippen LogP contribution in [-0.2, 0) is 11.3 Å². The van der Waals surface area contributed by atoms with Crippen molar-refractivity contribution in [3.63, 3.8) is 0 Å². The molecule has 1 saturated carbocycles. The van der Waals surface area contributed by atoms with Crippen molar-refractivity contribution in [2.24, 2.45) is 0 Å². The predicted octanol–water partition coefficient (Wildman–Crippen LogP) is 5.84. The van der Waals surface area contributed by atoms with Gasteiger partial charge in [0.2, 0.25) is 5.91 Å². The number of hydrogen-bond acceptors (Lipinski definition) is 5. The Morgan fingerprint density at radius 1 is 1.12 bits per heavy atom. The van der Waals surface area contributed by atoms with E-state index in [1.165, 1.54) is 28.7 Å². The SMILES string of the molecule is Cc1ccc2nc(-c3ccc(NC(=O)Cn4nc(C)c5c(C6CC6)ccnc54)cc3)sc2c1. The normalized spacial score (nSPS) is 13.6. The lowest BCUT2D eigenvalue weighted by Crippen LogP contribution is -2.19. The number of carbonyl (C=O) groups excluding carboxylic acids is 1. The average molecular weight is 454 g/mol. The molecule has 1 fully saturated rings. The maximum atomic E-state index is 12.8. The summed E-state index contributed by atoms with van der Waals surface area (Å²) in [4.78, 5) is 22.0. The Bertz CT molecular complexity index is 1510. The van der Waals surface area contributed by atoms with Gasteiger partial charge in [0, 0.05) is 22.8 Å². The van der Waals surface area contributed by atoms with Crippen LogP contribution < -0.4 is 5.32 Å². The summed E-state index contributed by atoms with van der Waals surface area (Å²) in [6.45, 7) is 4.21. The van der Waals surface area contributed by atoms with Gasteiger partial charge in [-0.2, -0.15) is 5.10 Å². The maximum Gasteiger partial charge on any atom is 0.246 e. The molecular weight excluding hydrogens is 430 g/mol. The van der Waals surface area contributed by atoms with Crippen molar-refractivity contribution in [1.29, 1.82) is 0 Å². The van der Waals surface area contributed by atoms with E-state index in [2.05, 4.69) is 46.6 Å². The molecule has 0 spiro atoms. The van der Waals surface area contributed by atoms with Gasteiger partial charge in [-0.3, -0.25) is 4.79 Å². The van der Waals surface area contributed by atoms with Crippen LogP contribution in [0.1, 0.15) is 35.6 Å². The van der Waals surface area contributed by atoms with E-state index in [0.29, 0.717) is 5.92 Å². The second kappa shape index (κ2) is 7.78. The number of nitrogens with one attached hydrogen (secondary N) is 1. The third-order valence-corrected chi connectivity index (χ3v) is 7.18. The van der Waals surface area contributed by atoms with E-state index in [1.54, 1.807) is 16.0 Å². The number of fused-ring (bicyclic) bond motifs is 2. The molecule has 6 rings (SSSR count). The first-order valence-electron chi connectivity index (χ1n) is 11.1. The second-order valence-electron chi connectivity index (χ2n) is 8.73. The third-order valence-electron chi connectivity index (χ3n) is 6.11. The molecule has 0 unspecified atom stereocenters. The van der Waals surface area contributed by atoms with Gasteiger partial charge in [-0.15, -0.1) is 11.3 Å². The fourth-order valence-electron chi connectivity index (χ4n) is 4.34. The van der Waals surface area contributed by atoms with E-state index >= 15 is 0 Å². The Morgan fingerprint density at radius 3 is 2.73 bits per heavy atom. The van der Waals surface area contributed by atoms with Crippen LogP contribution in [0.4, 0.5) is 5.69 Å². The van der Waals surface area contributed by atoms with Crippen molar-refractivity contribution in [2.75, 3.05) is 5.32 Å². The number of anilines is 1. The number of carbonyl (C=O) groups is 1. The van der Waals surface area contributed by atoms with Crippen LogP contribution in [-0.4, -0.2) is 25.7 Å². The number of aromatic nitrogens is 4. The molecule has 3 heterocycles. The molecule has 0 aliphatic heterocycles. The molecule has 5 aromatic rings. The second-order valence-corrected chi connectivity index (χ2v) is 9.76. The largest absolute Gasteiger partial charge is 0.324 e. The number of aryl methyl sites for hydroxylation is 2. The molecule has 0 bridgehead atoms. The van der Waals surface area contributed by atoms with Gasteiger partial charge < -0.3 is 5.32 Å². The zero-order valence-corrected chi connectivity index (χ0v) is 19.3. The molecule has 1 aliphatic rings. The average Bonchev–Trinajstić information content (AvgIpc) is 3.50. The summed E-state index contributed by atoms with van der Waals surface area (Å²) in [6.07, 6.45) is 4.27. The Hall–Kier alpha value is -3.58. The highest BCUT2D eigenvalue weighted by molar-refractivity contribution is 7.21. The van der Waals surface area contributed by atoms with Gasteiger partial charge in [-0.05, 0) is 86.2 Å². The summed E-state index contributed by atoms with van der Waals surface area (Å²) in [5.41, 5.74) is 7.06. The molecule has 2 aromatic carbocycles. The number of nitrogens with zero attached hydrogens (tertiary/aromatic N) is 4. The minimum Gasteiger partial charge on any atom is -0.324 e. The fraction of sp³-hybridized carbons (Fsp3) is 0.231. The highest BCUT2D eigenvalue weighted by Gasteiger charge is 2.27. The number of hydrogen-bond donors (Lipinski definition) is 1. The molecule has 33 heavy (non-hydrogen) atoms. The first-order valence-corrected chi connectivity index (χ1v) is 12.0. The smallest absolute Gasteiger partial charge is 0.246 e. The molecule has 164 valence electrons. The van der Waals surface area contributed by atoms with E-state index in [9.17, 15) is 4.79 Å². The zero-order valence-electron chi connectivity index (χ0n) is 18.5. The zero-order chi connectivity index (χ0) is 22.5. The topological polar surface area (TPSA) is 72.7 Å². The Morgan fingerprint density at radius 2 is 1.94 bits per heavy atom. The highest BCUT2D eigenvalue weighted by atomic mass is 32.1. The molecule has 0 atom stereocenters. The van der Waals surface area contributed by atoms with Gasteiger partial charge >= 0.3 is 0 Å². The van der Waals surface area contributed by atoms with Crippen LogP contribution in [0.2, 0.25) is 0 Å². The summed E-state index contributed by atoms with van der Waals surface area (Å²) in [5.74, 6) is 0.486. The standard InChI is InChI=1S/C26H23N5OS/c1-15-3-10-21-22(13-15)33-26(29-21)18-6-8-19(9-7-18)28-23(32)14-31-25-24(16(2)30-31)20(11-12-27-25)17-4-5-17/h3,6-13,17H,4-5,14H2,1-2H3,(H,28,32). The van der Waals surface area contributed by atoms with E-state index < -0.39 is 0 Å². The van der Waals surface area contributed by atoms with Crippen LogP contribution >= 0.6 is 11.3 Å². The minimum absolute atomic E-state index is 0.124. The quantitative estimate of drug-likeness (QED) is 0.363. The molecule has 0 saturated heterocycles. The van der Waals surface area contributed by atoms with Crippen molar-refractivity contribution < 1.29 is 4.79 Å². The summed E-state index contributed by atoms with van der Waals surface area (Å²) in [6, 6.07) is 16.2. The molecule has 1 N–H and O–H groups in total. The molecule has 0 radical (unpaired) electrons. The van der Waals surface area contributed by atoms with Crippen molar-refractivity contribution in [3.8, 4) is 10.6 Å². The van der Waals surface area contributed by atoms with Crippen molar-refractivity contribution in [2.45, 2.75) is 39.2 Å². The third kappa shape index (κ3) is 3.78. The molecule has 7 heteroatoms. The van der Waals surface area contributed by atoms with Crippen LogP contribution in [0.5, 0.6) is 0 Å². The van der Waals surface area contributed by atoms with Crippen molar-refractivity contribution in [3.05, 3.63) is 71.5 Å². The van der Waals surface area contributed by atoms with Gasteiger partial charge in [0.05, 0.1) is 15.9 Å². The van der Waals surface area contributed by atoms with Crippen LogP contribution in [0, 0.1) is 13.8 Å². The van der Waals surface area contributed by atoms with Crippen LogP contribution in [0.25, 0.3) is 31.8 Å². The lowest BCUT2D eigenvalue weighted by atomic mass is 10.1. The number of amides is 1. The van der Waals surface area contributed by atoms with Gasteiger partial charge in [0.25, 0.3) is 0 Å². The highest BCUT2D eigenvalue weighted by Crippen LogP contribution is 2.43. The number of thiazole rings is 1. The maximum absolute atomic E-state index is 12.8. The Balaban J connectivity index is 1.19. The van der Waals surface area contributed by atoms with Gasteiger partial charge in [0.15, 0.2) is 5.65 Å². The molecule has 6 nitrogen and oxygen atoms in total. The summed E-state index contributed by atoms with van der Waals surface area (Å²) in [7, 11) is 0. The van der Waals surface area contributed by atoms with E-state index in [4.69, 9.17) is 4.98 Å². The molecule has 1 aliphatic carbocycles. The van der Waals surface area contributed by atoms with E-state index in [0.717, 1.165) is 38.5 Å². The Kier molecular flexibility index (Phi) is 4.73. The first kappa shape index (κ1) is 20.1. The summed E-state index contributed by atoms with van der Waals surface area (Å²) < 4.78 is 2.89. The van der Waals surface area contributed by atoms with Crippen LogP contribution in [0.15, 0.2) is 54.7 Å². The molecular formula is C26H23N5OS. The number of benzene rings is 2. The lowest BCUT2D eigenvalue weighted by Gasteiger charge is -2.07. The van der Waals surface area contributed by atoms with Crippen molar-refractivity contribution in [1.82, 2.24) is 19.7 Å². The molecule has 3 aromatic heterocycles.